The van der Waals surface area contributed by atoms with E-state index >= 15 is 0 Å². The fraction of sp³-hybridized carbons (Fsp3) is 0.588. The summed E-state index contributed by atoms with van der Waals surface area (Å²) in [6.45, 7) is 3.63. The molecule has 1 aromatic carbocycles. The topological polar surface area (TPSA) is 62.2 Å². The van der Waals surface area contributed by atoms with Gasteiger partial charge in [-0.3, -0.25) is 14.6 Å². The summed E-state index contributed by atoms with van der Waals surface area (Å²) in [4.78, 5) is 15.1. The summed E-state index contributed by atoms with van der Waals surface area (Å²) < 4.78 is 10.9. The van der Waals surface area contributed by atoms with Gasteiger partial charge in [0.05, 0.1) is 13.7 Å². The van der Waals surface area contributed by atoms with Gasteiger partial charge in [0, 0.05) is 12.6 Å². The lowest BCUT2D eigenvalue weighted by molar-refractivity contribution is -0.138. The lowest BCUT2D eigenvalue weighted by atomic mass is 10.0. The molecule has 23 heavy (non-hydrogen) atoms. The normalized spacial score (nSPS) is 16.5. The molecule has 0 radical (unpaired) electrons. The number of methoxy groups -OCH3 is 1. The van der Waals surface area contributed by atoms with E-state index in [0.29, 0.717) is 12.6 Å². The number of aliphatic carboxylic acids is 1. The fourth-order valence-corrected chi connectivity index (χ4v) is 2.89. The van der Waals surface area contributed by atoms with Gasteiger partial charge in [0.1, 0.15) is 18.1 Å². The van der Waals surface area contributed by atoms with E-state index in [0.717, 1.165) is 44.0 Å². The molecule has 1 aliphatic rings. The molecule has 0 atom stereocenters. The molecule has 1 aromatic rings. The van der Waals surface area contributed by atoms with E-state index in [2.05, 4.69) is 4.90 Å². The minimum Gasteiger partial charge on any atom is -0.497 e. The average Bonchev–Trinajstić information content (AvgIpc) is 2.55. The van der Waals surface area contributed by atoms with Crippen LogP contribution in [-0.2, 0) is 4.79 Å². The van der Waals surface area contributed by atoms with Gasteiger partial charge >= 0.3 is 5.97 Å². The third-order valence-corrected chi connectivity index (χ3v) is 4.30. The van der Waals surface area contributed by atoms with Crippen LogP contribution >= 0.6 is 0 Å². The highest BCUT2D eigenvalue weighted by molar-refractivity contribution is 5.69. The number of carboxylic acid groups (broad SMARTS) is 1. The molecule has 1 aliphatic heterocycles. The zero-order valence-electron chi connectivity index (χ0n) is 13.9. The van der Waals surface area contributed by atoms with E-state index < -0.39 is 5.97 Å². The highest BCUT2D eigenvalue weighted by Crippen LogP contribution is 2.18. The van der Waals surface area contributed by atoms with Crippen LogP contribution in [0.15, 0.2) is 24.3 Å². The number of piperidine rings is 1. The zero-order valence-corrected chi connectivity index (χ0v) is 13.9. The van der Waals surface area contributed by atoms with E-state index in [1.807, 2.05) is 36.2 Å². The second-order valence-electron chi connectivity index (χ2n) is 5.91. The summed E-state index contributed by atoms with van der Waals surface area (Å²) >= 11 is 0. The van der Waals surface area contributed by atoms with Gasteiger partial charge in [-0.2, -0.15) is 0 Å². The van der Waals surface area contributed by atoms with Crippen LogP contribution in [0.4, 0.5) is 0 Å². The zero-order chi connectivity index (χ0) is 16.7. The molecule has 0 unspecified atom stereocenters. The summed E-state index contributed by atoms with van der Waals surface area (Å²) in [5.41, 5.74) is 0. The molecule has 0 spiro atoms. The average molecular weight is 322 g/mol. The van der Waals surface area contributed by atoms with Crippen LogP contribution in [0, 0.1) is 0 Å². The Morgan fingerprint density at radius 1 is 1.26 bits per heavy atom. The second-order valence-corrected chi connectivity index (χ2v) is 5.91. The predicted molar refractivity (Wildman–Crippen MR) is 88.2 cm³/mol. The van der Waals surface area contributed by atoms with Crippen molar-refractivity contribution in [3.05, 3.63) is 24.3 Å². The van der Waals surface area contributed by atoms with Crippen molar-refractivity contribution in [2.24, 2.45) is 0 Å². The summed E-state index contributed by atoms with van der Waals surface area (Å²) in [6, 6.07) is 7.96. The van der Waals surface area contributed by atoms with E-state index in [9.17, 15) is 4.79 Å². The predicted octanol–water partition coefficient (Wildman–Crippen LogP) is 1.55. The quantitative estimate of drug-likeness (QED) is 0.784. The Kier molecular flexibility index (Phi) is 6.67. The van der Waals surface area contributed by atoms with Crippen LogP contribution in [0.5, 0.6) is 11.5 Å². The molecule has 1 heterocycles. The molecule has 0 aromatic heterocycles. The number of nitrogens with zero attached hydrogens (tertiary/aromatic N) is 2. The van der Waals surface area contributed by atoms with Crippen molar-refractivity contribution in [2.75, 3.05) is 46.9 Å². The van der Waals surface area contributed by atoms with Crippen molar-refractivity contribution >= 4 is 5.97 Å². The molecule has 1 saturated heterocycles. The minimum atomic E-state index is -0.761. The van der Waals surface area contributed by atoms with Crippen LogP contribution in [0.25, 0.3) is 0 Å². The molecule has 1 fully saturated rings. The lowest BCUT2D eigenvalue weighted by Gasteiger charge is -2.36. The maximum atomic E-state index is 10.8. The van der Waals surface area contributed by atoms with Crippen LogP contribution in [0.1, 0.15) is 12.8 Å². The van der Waals surface area contributed by atoms with Crippen molar-refractivity contribution in [1.82, 2.24) is 9.80 Å². The third kappa shape index (κ3) is 5.73. The van der Waals surface area contributed by atoms with Crippen LogP contribution in [-0.4, -0.2) is 73.9 Å². The maximum Gasteiger partial charge on any atom is 0.317 e. The van der Waals surface area contributed by atoms with Crippen molar-refractivity contribution in [2.45, 2.75) is 18.9 Å². The van der Waals surface area contributed by atoms with Gasteiger partial charge in [-0.05, 0) is 57.2 Å². The van der Waals surface area contributed by atoms with Crippen molar-refractivity contribution in [3.8, 4) is 11.5 Å². The molecule has 6 nitrogen and oxygen atoms in total. The van der Waals surface area contributed by atoms with Gasteiger partial charge < -0.3 is 14.6 Å². The standard InChI is InChI=1S/C17H26N2O4/c1-18(13-17(20)21)14-7-9-19(10-8-14)11-12-23-16-5-3-15(22-2)4-6-16/h3-6,14H,7-13H2,1-2H3,(H,20,21). The van der Waals surface area contributed by atoms with Crippen molar-refractivity contribution in [3.63, 3.8) is 0 Å². The molecule has 0 aliphatic carbocycles. The second kappa shape index (κ2) is 8.74. The lowest BCUT2D eigenvalue weighted by Crippen LogP contribution is -2.45. The Morgan fingerprint density at radius 2 is 1.87 bits per heavy atom. The number of benzene rings is 1. The van der Waals surface area contributed by atoms with Crippen molar-refractivity contribution in [1.29, 1.82) is 0 Å². The van der Waals surface area contributed by atoms with E-state index in [1.54, 1.807) is 7.11 Å². The number of hydrogen-bond acceptors (Lipinski definition) is 5. The molecule has 6 heteroatoms. The van der Waals surface area contributed by atoms with Gasteiger partial charge in [0.2, 0.25) is 0 Å². The van der Waals surface area contributed by atoms with Gasteiger partial charge in [-0.15, -0.1) is 0 Å². The number of ether oxygens (including phenoxy) is 2. The first kappa shape index (κ1) is 17.6. The smallest absolute Gasteiger partial charge is 0.317 e. The number of likely N-dealkylation sites (tertiary alicyclic amines) is 1. The van der Waals surface area contributed by atoms with Gasteiger partial charge in [-0.25, -0.2) is 0 Å². The Hall–Kier alpha value is -1.79. The molecular formula is C17H26N2O4. The highest BCUT2D eigenvalue weighted by Gasteiger charge is 2.23. The largest absolute Gasteiger partial charge is 0.497 e. The van der Waals surface area contributed by atoms with E-state index in [1.165, 1.54) is 0 Å². The van der Waals surface area contributed by atoms with Gasteiger partial charge in [0.25, 0.3) is 0 Å². The molecule has 0 saturated carbocycles. The number of carboxylic acids is 1. The van der Waals surface area contributed by atoms with Gasteiger partial charge in [-0.1, -0.05) is 0 Å². The third-order valence-electron chi connectivity index (χ3n) is 4.30. The fourth-order valence-electron chi connectivity index (χ4n) is 2.89. The number of likely N-dealkylation sites (N-methyl/N-ethyl adjacent to an activating group) is 1. The number of carbonyl (C=O) groups is 1. The van der Waals surface area contributed by atoms with Crippen LogP contribution in [0.2, 0.25) is 0 Å². The molecule has 0 bridgehead atoms. The number of rotatable bonds is 8. The van der Waals surface area contributed by atoms with Crippen LogP contribution in [0.3, 0.4) is 0 Å². The van der Waals surface area contributed by atoms with Crippen molar-refractivity contribution < 1.29 is 19.4 Å². The summed E-state index contributed by atoms with van der Waals surface area (Å²) in [6.07, 6.45) is 2.01. The first-order chi connectivity index (χ1) is 11.1. The Bertz CT molecular complexity index is 484. The van der Waals surface area contributed by atoms with Gasteiger partial charge in [0.15, 0.2) is 0 Å². The Balaban J connectivity index is 1.65. The van der Waals surface area contributed by atoms with E-state index in [4.69, 9.17) is 14.6 Å². The summed E-state index contributed by atoms with van der Waals surface area (Å²) in [5, 5.41) is 8.85. The minimum absolute atomic E-state index is 0.116. The first-order valence-electron chi connectivity index (χ1n) is 7.99. The first-order valence-corrected chi connectivity index (χ1v) is 7.99. The summed E-state index contributed by atoms with van der Waals surface area (Å²) in [5.74, 6) is 0.912. The molecule has 1 N–H and O–H groups in total. The van der Waals surface area contributed by atoms with Crippen LogP contribution < -0.4 is 9.47 Å². The maximum absolute atomic E-state index is 10.8. The monoisotopic (exact) mass is 322 g/mol. The molecular weight excluding hydrogens is 296 g/mol. The Morgan fingerprint density at radius 3 is 2.43 bits per heavy atom. The molecule has 128 valence electrons. The number of hydrogen-bond donors (Lipinski definition) is 1. The molecule has 0 amide bonds. The molecule has 2 rings (SSSR count). The van der Waals surface area contributed by atoms with E-state index in [-0.39, 0.29) is 6.54 Å². The SMILES string of the molecule is COc1ccc(OCCN2CCC(N(C)CC(=O)O)CC2)cc1. The highest BCUT2D eigenvalue weighted by atomic mass is 16.5. The summed E-state index contributed by atoms with van der Waals surface area (Å²) in [7, 11) is 3.54. The Labute approximate surface area is 137 Å².